The summed E-state index contributed by atoms with van der Waals surface area (Å²) in [7, 11) is 0. The van der Waals surface area contributed by atoms with Crippen LogP contribution in [0, 0.1) is 0 Å². The zero-order valence-corrected chi connectivity index (χ0v) is 13.9. The van der Waals surface area contributed by atoms with Crippen LogP contribution in [0.15, 0.2) is 42.6 Å². The average molecular weight is 350 g/mol. The van der Waals surface area contributed by atoms with E-state index in [-0.39, 0.29) is 0 Å². The van der Waals surface area contributed by atoms with Crippen LogP contribution in [-0.4, -0.2) is 53.8 Å². The van der Waals surface area contributed by atoms with E-state index in [0.29, 0.717) is 39.0 Å². The highest BCUT2D eigenvalue weighted by Crippen LogP contribution is 2.19. The number of halogens is 3. The molecule has 25 heavy (non-hydrogen) atoms. The van der Waals surface area contributed by atoms with Crippen molar-refractivity contribution in [1.29, 1.82) is 0 Å². The highest BCUT2D eigenvalue weighted by atomic mass is 19.4. The lowest BCUT2D eigenvalue weighted by Gasteiger charge is -2.23. The van der Waals surface area contributed by atoms with Crippen molar-refractivity contribution in [2.45, 2.75) is 19.0 Å². The van der Waals surface area contributed by atoms with Gasteiger partial charge in [-0.2, -0.15) is 13.2 Å². The van der Waals surface area contributed by atoms with Crippen LogP contribution >= 0.6 is 0 Å². The average Bonchev–Trinajstić information content (AvgIpc) is 2.80. The van der Waals surface area contributed by atoms with E-state index in [0.717, 1.165) is 17.2 Å². The minimum absolute atomic E-state index is 0.386. The van der Waals surface area contributed by atoms with Gasteiger partial charge in [-0.1, -0.05) is 30.3 Å². The fourth-order valence-corrected chi connectivity index (χ4v) is 3.04. The molecule has 2 aromatic rings. The van der Waals surface area contributed by atoms with E-state index < -0.39 is 12.7 Å². The van der Waals surface area contributed by atoms with Crippen molar-refractivity contribution in [1.82, 2.24) is 14.9 Å². The van der Waals surface area contributed by atoms with E-state index in [2.05, 4.69) is 9.97 Å². The largest absolute Gasteiger partial charge is 0.401 e. The lowest BCUT2D eigenvalue weighted by Crippen LogP contribution is -2.37. The zero-order chi connectivity index (χ0) is 17.7. The lowest BCUT2D eigenvalue weighted by atomic mass is 10.1. The zero-order valence-electron chi connectivity index (χ0n) is 13.9. The molecule has 1 aromatic heterocycles. The molecule has 0 radical (unpaired) electrons. The highest BCUT2D eigenvalue weighted by Gasteiger charge is 2.31. The summed E-state index contributed by atoms with van der Waals surface area (Å²) >= 11 is 0. The minimum Gasteiger partial charge on any atom is -0.355 e. The number of nitrogens with zero attached hydrogens (tertiary/aromatic N) is 4. The number of benzene rings is 1. The normalized spacial score (nSPS) is 16.7. The van der Waals surface area contributed by atoms with Gasteiger partial charge >= 0.3 is 6.18 Å². The second kappa shape index (κ2) is 7.82. The predicted molar refractivity (Wildman–Crippen MR) is 90.6 cm³/mol. The molecule has 1 aromatic carbocycles. The van der Waals surface area contributed by atoms with Crippen LogP contribution < -0.4 is 4.90 Å². The molecule has 0 amide bonds. The van der Waals surface area contributed by atoms with E-state index in [1.165, 1.54) is 4.90 Å². The molecule has 0 atom stereocenters. The van der Waals surface area contributed by atoms with Crippen molar-refractivity contribution in [3.8, 4) is 0 Å². The van der Waals surface area contributed by atoms with Crippen LogP contribution in [-0.2, 0) is 6.42 Å². The Bertz CT molecular complexity index is 676. The molecule has 1 aliphatic heterocycles. The fraction of sp³-hybridized carbons (Fsp3) is 0.444. The van der Waals surface area contributed by atoms with Gasteiger partial charge in [-0.3, -0.25) is 4.90 Å². The predicted octanol–water partition coefficient (Wildman–Crippen LogP) is 3.14. The summed E-state index contributed by atoms with van der Waals surface area (Å²) in [6, 6.07) is 11.8. The van der Waals surface area contributed by atoms with Gasteiger partial charge in [-0.15, -0.1) is 0 Å². The number of anilines is 1. The van der Waals surface area contributed by atoms with Crippen LogP contribution in [0.2, 0.25) is 0 Å². The Labute approximate surface area is 145 Å². The number of alkyl halides is 3. The molecule has 0 aliphatic carbocycles. The smallest absolute Gasteiger partial charge is 0.355 e. The first kappa shape index (κ1) is 17.7. The molecular weight excluding hydrogens is 329 g/mol. The number of aromatic nitrogens is 2. The van der Waals surface area contributed by atoms with Crippen LogP contribution in [0.3, 0.4) is 0 Å². The molecule has 1 fully saturated rings. The fourth-order valence-electron chi connectivity index (χ4n) is 3.04. The first-order valence-corrected chi connectivity index (χ1v) is 8.39. The first-order valence-electron chi connectivity index (χ1n) is 8.39. The molecule has 2 heterocycles. The van der Waals surface area contributed by atoms with Crippen molar-refractivity contribution in [3.63, 3.8) is 0 Å². The van der Waals surface area contributed by atoms with Crippen LogP contribution in [0.1, 0.15) is 17.8 Å². The standard InChI is InChI=1S/C18H21F3N4/c19-18(20,21)14-24-9-4-10-25(12-11-24)17-7-8-22-16(23-17)13-15-5-2-1-3-6-15/h1-3,5-8H,4,9-14H2. The Morgan fingerprint density at radius 3 is 2.52 bits per heavy atom. The lowest BCUT2D eigenvalue weighted by molar-refractivity contribution is -0.145. The molecule has 7 heteroatoms. The van der Waals surface area contributed by atoms with Gasteiger partial charge in [0.05, 0.1) is 6.54 Å². The topological polar surface area (TPSA) is 32.3 Å². The van der Waals surface area contributed by atoms with Crippen molar-refractivity contribution in [3.05, 3.63) is 54.0 Å². The SMILES string of the molecule is FC(F)(F)CN1CCCN(c2ccnc(Cc3ccccc3)n2)CC1. The molecule has 0 N–H and O–H groups in total. The van der Waals surface area contributed by atoms with E-state index in [1.807, 2.05) is 41.3 Å². The Kier molecular flexibility index (Phi) is 5.53. The summed E-state index contributed by atoms with van der Waals surface area (Å²) < 4.78 is 37.7. The number of hydrogen-bond donors (Lipinski definition) is 0. The van der Waals surface area contributed by atoms with Crippen molar-refractivity contribution < 1.29 is 13.2 Å². The van der Waals surface area contributed by atoms with E-state index in [4.69, 9.17) is 0 Å². The van der Waals surface area contributed by atoms with E-state index in [9.17, 15) is 13.2 Å². The van der Waals surface area contributed by atoms with E-state index in [1.54, 1.807) is 6.20 Å². The maximum absolute atomic E-state index is 12.6. The second-order valence-electron chi connectivity index (χ2n) is 6.23. The molecular formula is C18H21F3N4. The van der Waals surface area contributed by atoms with Crippen molar-refractivity contribution >= 4 is 5.82 Å². The Hall–Kier alpha value is -2.15. The van der Waals surface area contributed by atoms with Gasteiger partial charge in [0.25, 0.3) is 0 Å². The molecule has 0 saturated carbocycles. The maximum atomic E-state index is 12.6. The van der Waals surface area contributed by atoms with Gasteiger partial charge in [0.15, 0.2) is 0 Å². The molecule has 0 spiro atoms. The number of rotatable bonds is 4. The molecule has 3 rings (SSSR count). The van der Waals surface area contributed by atoms with Gasteiger partial charge < -0.3 is 4.90 Å². The Balaban J connectivity index is 1.65. The Morgan fingerprint density at radius 1 is 0.960 bits per heavy atom. The molecule has 4 nitrogen and oxygen atoms in total. The maximum Gasteiger partial charge on any atom is 0.401 e. The highest BCUT2D eigenvalue weighted by molar-refractivity contribution is 5.38. The van der Waals surface area contributed by atoms with Crippen molar-refractivity contribution in [2.24, 2.45) is 0 Å². The quantitative estimate of drug-likeness (QED) is 0.848. The van der Waals surface area contributed by atoms with Gasteiger partial charge in [-0.05, 0) is 18.1 Å². The van der Waals surface area contributed by atoms with Gasteiger partial charge in [0, 0.05) is 38.8 Å². The third-order valence-corrected chi connectivity index (χ3v) is 4.21. The first-order chi connectivity index (χ1) is 12.0. The van der Waals surface area contributed by atoms with Crippen LogP contribution in [0.5, 0.6) is 0 Å². The minimum atomic E-state index is -4.15. The van der Waals surface area contributed by atoms with Crippen molar-refractivity contribution in [2.75, 3.05) is 37.6 Å². The molecule has 0 bridgehead atoms. The second-order valence-corrected chi connectivity index (χ2v) is 6.23. The third-order valence-electron chi connectivity index (χ3n) is 4.21. The van der Waals surface area contributed by atoms with Gasteiger partial charge in [0.2, 0.25) is 0 Å². The number of hydrogen-bond acceptors (Lipinski definition) is 4. The monoisotopic (exact) mass is 350 g/mol. The van der Waals surface area contributed by atoms with Gasteiger partial charge in [0.1, 0.15) is 11.6 Å². The molecule has 0 unspecified atom stereocenters. The third kappa shape index (κ3) is 5.42. The summed E-state index contributed by atoms with van der Waals surface area (Å²) in [5, 5.41) is 0. The van der Waals surface area contributed by atoms with Gasteiger partial charge in [-0.25, -0.2) is 9.97 Å². The molecule has 1 saturated heterocycles. The van der Waals surface area contributed by atoms with E-state index >= 15 is 0 Å². The van der Waals surface area contributed by atoms with Crippen LogP contribution in [0.25, 0.3) is 0 Å². The summed E-state index contributed by atoms with van der Waals surface area (Å²) in [5.74, 6) is 1.51. The summed E-state index contributed by atoms with van der Waals surface area (Å²) in [4.78, 5) is 12.4. The molecule has 134 valence electrons. The Morgan fingerprint density at radius 2 is 1.76 bits per heavy atom. The summed E-state index contributed by atoms with van der Waals surface area (Å²) in [6.45, 7) is 1.24. The molecule has 1 aliphatic rings. The summed E-state index contributed by atoms with van der Waals surface area (Å²) in [6.07, 6.45) is -1.09. The van der Waals surface area contributed by atoms with Crippen LogP contribution in [0.4, 0.5) is 19.0 Å². The summed E-state index contributed by atoms with van der Waals surface area (Å²) in [5.41, 5.74) is 1.13.